The SMILES string of the molecule is C#CCn1c([C@@H]2CC(=O)N(c3cc(C)ccc3C)C2)nc2ccccc21. The summed E-state index contributed by atoms with van der Waals surface area (Å²) in [6.07, 6.45) is 6.04. The first-order valence-corrected chi connectivity index (χ1v) is 8.84. The highest BCUT2D eigenvalue weighted by atomic mass is 16.2. The van der Waals surface area contributed by atoms with Crippen LogP contribution in [-0.2, 0) is 11.3 Å². The third-order valence-corrected chi connectivity index (χ3v) is 5.08. The molecule has 0 radical (unpaired) electrons. The number of aromatic nitrogens is 2. The Morgan fingerprint density at radius 3 is 2.85 bits per heavy atom. The van der Waals surface area contributed by atoms with Crippen LogP contribution in [0.15, 0.2) is 42.5 Å². The Kier molecular flexibility index (Phi) is 4.00. The molecule has 0 spiro atoms. The lowest BCUT2D eigenvalue weighted by Gasteiger charge is -2.20. The molecule has 0 saturated carbocycles. The topological polar surface area (TPSA) is 38.1 Å². The Morgan fingerprint density at radius 2 is 2.04 bits per heavy atom. The summed E-state index contributed by atoms with van der Waals surface area (Å²) in [5.41, 5.74) is 5.22. The molecule has 0 unspecified atom stereocenters. The zero-order valence-electron chi connectivity index (χ0n) is 15.1. The van der Waals surface area contributed by atoms with Gasteiger partial charge in [0.05, 0.1) is 17.6 Å². The number of terminal acetylenes is 1. The minimum absolute atomic E-state index is 0.0446. The highest BCUT2D eigenvalue weighted by Gasteiger charge is 2.35. The predicted octanol–water partition coefficient (Wildman–Crippen LogP) is 3.81. The van der Waals surface area contributed by atoms with E-state index in [4.69, 9.17) is 11.4 Å². The molecular formula is C22H21N3O. The second-order valence-electron chi connectivity index (χ2n) is 6.94. The summed E-state index contributed by atoms with van der Waals surface area (Å²) in [6, 6.07) is 14.2. The third kappa shape index (κ3) is 2.66. The number of hydrogen-bond acceptors (Lipinski definition) is 2. The van der Waals surface area contributed by atoms with E-state index in [9.17, 15) is 4.79 Å². The fourth-order valence-corrected chi connectivity index (χ4v) is 3.79. The fourth-order valence-electron chi connectivity index (χ4n) is 3.79. The number of carbonyl (C=O) groups excluding carboxylic acids is 1. The first-order chi connectivity index (χ1) is 12.6. The van der Waals surface area contributed by atoms with Gasteiger partial charge in [0.2, 0.25) is 5.91 Å². The lowest BCUT2D eigenvalue weighted by Crippen LogP contribution is -2.25. The maximum atomic E-state index is 12.8. The number of amides is 1. The van der Waals surface area contributed by atoms with E-state index in [2.05, 4.69) is 28.7 Å². The van der Waals surface area contributed by atoms with Gasteiger partial charge < -0.3 is 9.47 Å². The highest BCUT2D eigenvalue weighted by Crippen LogP contribution is 2.34. The molecule has 1 fully saturated rings. The van der Waals surface area contributed by atoms with Crippen LogP contribution in [0.4, 0.5) is 5.69 Å². The van der Waals surface area contributed by atoms with E-state index in [-0.39, 0.29) is 11.8 Å². The Balaban J connectivity index is 1.73. The Bertz CT molecular complexity index is 1040. The largest absolute Gasteiger partial charge is 0.316 e. The monoisotopic (exact) mass is 343 g/mol. The van der Waals surface area contributed by atoms with Gasteiger partial charge in [-0.3, -0.25) is 4.79 Å². The van der Waals surface area contributed by atoms with E-state index in [0.717, 1.165) is 33.7 Å². The van der Waals surface area contributed by atoms with Gasteiger partial charge in [-0.1, -0.05) is 30.2 Å². The highest BCUT2D eigenvalue weighted by molar-refractivity contribution is 5.97. The quantitative estimate of drug-likeness (QED) is 0.678. The van der Waals surface area contributed by atoms with Gasteiger partial charge in [0.1, 0.15) is 5.82 Å². The van der Waals surface area contributed by atoms with Gasteiger partial charge in [-0.05, 0) is 43.2 Å². The van der Waals surface area contributed by atoms with E-state index in [1.807, 2.05) is 43.0 Å². The number of nitrogens with zero attached hydrogens (tertiary/aromatic N) is 3. The number of hydrogen-bond donors (Lipinski definition) is 0. The Hall–Kier alpha value is -3.06. The number of benzene rings is 2. The van der Waals surface area contributed by atoms with E-state index in [1.165, 1.54) is 0 Å². The van der Waals surface area contributed by atoms with Crippen molar-refractivity contribution in [3.05, 3.63) is 59.4 Å². The molecule has 130 valence electrons. The van der Waals surface area contributed by atoms with Crippen LogP contribution in [-0.4, -0.2) is 22.0 Å². The minimum atomic E-state index is 0.0446. The van der Waals surface area contributed by atoms with Crippen molar-refractivity contribution in [1.29, 1.82) is 0 Å². The van der Waals surface area contributed by atoms with Crippen molar-refractivity contribution < 1.29 is 4.79 Å². The van der Waals surface area contributed by atoms with Crippen LogP contribution in [0.5, 0.6) is 0 Å². The second kappa shape index (κ2) is 6.34. The summed E-state index contributed by atoms with van der Waals surface area (Å²) in [5, 5.41) is 0. The Labute approximate surface area is 153 Å². The number of imidazole rings is 1. The summed E-state index contributed by atoms with van der Waals surface area (Å²) >= 11 is 0. The molecule has 1 amide bonds. The first kappa shape index (κ1) is 16.4. The van der Waals surface area contributed by atoms with Crippen LogP contribution in [0.25, 0.3) is 11.0 Å². The normalized spacial score (nSPS) is 17.0. The molecule has 2 aromatic carbocycles. The molecule has 4 rings (SSSR count). The molecule has 0 N–H and O–H groups in total. The van der Waals surface area contributed by atoms with Crippen LogP contribution in [0.2, 0.25) is 0 Å². The maximum absolute atomic E-state index is 12.8. The lowest BCUT2D eigenvalue weighted by molar-refractivity contribution is -0.117. The molecule has 3 aromatic rings. The van der Waals surface area contributed by atoms with Gasteiger partial charge in [-0.2, -0.15) is 0 Å². The number of fused-ring (bicyclic) bond motifs is 1. The molecule has 1 aromatic heterocycles. The summed E-state index contributed by atoms with van der Waals surface area (Å²) < 4.78 is 2.07. The molecule has 0 bridgehead atoms. The molecule has 4 heteroatoms. The molecule has 1 atom stereocenters. The van der Waals surface area contributed by atoms with Crippen molar-refractivity contribution in [2.75, 3.05) is 11.4 Å². The smallest absolute Gasteiger partial charge is 0.227 e. The molecule has 1 aliphatic heterocycles. The van der Waals surface area contributed by atoms with Crippen molar-refractivity contribution in [1.82, 2.24) is 9.55 Å². The first-order valence-electron chi connectivity index (χ1n) is 8.84. The van der Waals surface area contributed by atoms with Gasteiger partial charge in [0.15, 0.2) is 0 Å². The molecule has 2 heterocycles. The van der Waals surface area contributed by atoms with Crippen molar-refractivity contribution >= 4 is 22.6 Å². The number of rotatable bonds is 3. The fraction of sp³-hybridized carbons (Fsp3) is 0.273. The van der Waals surface area contributed by atoms with Gasteiger partial charge in [-0.15, -0.1) is 6.42 Å². The van der Waals surface area contributed by atoms with Gasteiger partial charge in [-0.25, -0.2) is 4.98 Å². The van der Waals surface area contributed by atoms with Gasteiger partial charge in [0, 0.05) is 24.6 Å². The van der Waals surface area contributed by atoms with Crippen molar-refractivity contribution in [3.8, 4) is 12.3 Å². The van der Waals surface area contributed by atoms with Crippen LogP contribution in [0.3, 0.4) is 0 Å². The van der Waals surface area contributed by atoms with Gasteiger partial charge >= 0.3 is 0 Å². The number of aryl methyl sites for hydroxylation is 2. The van der Waals surface area contributed by atoms with Crippen LogP contribution in [0.1, 0.15) is 29.3 Å². The summed E-state index contributed by atoms with van der Waals surface area (Å²) in [7, 11) is 0. The third-order valence-electron chi connectivity index (χ3n) is 5.08. The predicted molar refractivity (Wildman–Crippen MR) is 104 cm³/mol. The van der Waals surface area contributed by atoms with Crippen LogP contribution in [0, 0.1) is 26.2 Å². The number of anilines is 1. The van der Waals surface area contributed by atoms with Crippen molar-refractivity contribution in [2.45, 2.75) is 32.7 Å². The van der Waals surface area contributed by atoms with E-state index >= 15 is 0 Å². The van der Waals surface area contributed by atoms with Gasteiger partial charge in [0.25, 0.3) is 0 Å². The average molecular weight is 343 g/mol. The average Bonchev–Trinajstić information content (AvgIpc) is 3.18. The van der Waals surface area contributed by atoms with Crippen LogP contribution < -0.4 is 4.90 Å². The van der Waals surface area contributed by atoms with Crippen LogP contribution >= 0.6 is 0 Å². The zero-order valence-corrected chi connectivity index (χ0v) is 15.1. The van der Waals surface area contributed by atoms with E-state index in [0.29, 0.717) is 19.5 Å². The number of para-hydroxylation sites is 2. The second-order valence-corrected chi connectivity index (χ2v) is 6.94. The maximum Gasteiger partial charge on any atom is 0.227 e. The molecule has 0 aliphatic carbocycles. The molecular weight excluding hydrogens is 322 g/mol. The standard InChI is InChI=1S/C22H21N3O/c1-4-11-24-19-8-6-5-7-18(19)23-22(24)17-13-21(26)25(14-17)20-12-15(2)9-10-16(20)3/h1,5-10,12,17H,11,13-14H2,2-3H3/t17-/m1/s1. The van der Waals surface area contributed by atoms with E-state index < -0.39 is 0 Å². The lowest BCUT2D eigenvalue weighted by atomic mass is 10.1. The molecule has 26 heavy (non-hydrogen) atoms. The molecule has 1 saturated heterocycles. The summed E-state index contributed by atoms with van der Waals surface area (Å²) in [4.78, 5) is 19.5. The van der Waals surface area contributed by atoms with Crippen molar-refractivity contribution in [2.24, 2.45) is 0 Å². The van der Waals surface area contributed by atoms with E-state index in [1.54, 1.807) is 0 Å². The summed E-state index contributed by atoms with van der Waals surface area (Å²) in [6.45, 7) is 5.19. The number of carbonyl (C=O) groups is 1. The Morgan fingerprint density at radius 1 is 1.23 bits per heavy atom. The molecule has 4 nitrogen and oxygen atoms in total. The zero-order chi connectivity index (χ0) is 18.3. The minimum Gasteiger partial charge on any atom is -0.316 e. The molecule has 1 aliphatic rings. The van der Waals surface area contributed by atoms with Crippen molar-refractivity contribution in [3.63, 3.8) is 0 Å². The summed E-state index contributed by atoms with van der Waals surface area (Å²) in [5.74, 6) is 3.82.